The van der Waals surface area contributed by atoms with Crippen LogP contribution in [-0.4, -0.2) is 27.2 Å². The van der Waals surface area contributed by atoms with E-state index in [0.717, 1.165) is 12.2 Å². The molecule has 0 aliphatic rings. The van der Waals surface area contributed by atoms with E-state index in [2.05, 4.69) is 4.98 Å². The van der Waals surface area contributed by atoms with Gasteiger partial charge in [0, 0.05) is 13.0 Å². The first kappa shape index (κ1) is 12.7. The van der Waals surface area contributed by atoms with Crippen molar-refractivity contribution in [1.82, 2.24) is 9.55 Å². The van der Waals surface area contributed by atoms with Gasteiger partial charge in [0.2, 0.25) is 0 Å². The Morgan fingerprint density at radius 3 is 2.56 bits per heavy atom. The molecule has 1 N–H and O–H groups in total. The highest BCUT2D eigenvalue weighted by Gasteiger charge is 2.21. The molecule has 0 aliphatic heterocycles. The van der Waals surface area contributed by atoms with E-state index in [1.54, 1.807) is 11.5 Å². The number of ether oxygens (including phenoxy) is 1. The second kappa shape index (κ2) is 5.65. The molecule has 0 atom stereocenters. The van der Waals surface area contributed by atoms with Gasteiger partial charge >= 0.3 is 5.97 Å². The Hall–Kier alpha value is -1.36. The average Bonchev–Trinajstić information content (AvgIpc) is 2.66. The van der Waals surface area contributed by atoms with Crippen molar-refractivity contribution in [2.24, 2.45) is 0 Å². The lowest BCUT2D eigenvalue weighted by atomic mass is 10.3. The maximum absolute atomic E-state index is 11.7. The zero-order chi connectivity index (χ0) is 12.1. The highest BCUT2D eigenvalue weighted by Crippen LogP contribution is 2.14. The Balaban J connectivity index is 3.21. The van der Waals surface area contributed by atoms with Crippen LogP contribution < -0.4 is 0 Å². The van der Waals surface area contributed by atoms with Crippen LogP contribution in [0.4, 0.5) is 0 Å². The van der Waals surface area contributed by atoms with E-state index in [-0.39, 0.29) is 6.61 Å². The van der Waals surface area contributed by atoms with Crippen LogP contribution in [0.3, 0.4) is 0 Å². The van der Waals surface area contributed by atoms with E-state index < -0.39 is 5.97 Å². The van der Waals surface area contributed by atoms with Crippen molar-refractivity contribution < 1.29 is 14.6 Å². The number of aliphatic hydroxyl groups is 1. The van der Waals surface area contributed by atoms with Crippen LogP contribution in [0.2, 0.25) is 0 Å². The summed E-state index contributed by atoms with van der Waals surface area (Å²) in [4.78, 5) is 16.0. The molecule has 0 saturated carbocycles. The predicted molar refractivity (Wildman–Crippen MR) is 59.2 cm³/mol. The molecule has 0 aromatic carbocycles. The van der Waals surface area contributed by atoms with Gasteiger partial charge in [-0.05, 0) is 13.8 Å². The van der Waals surface area contributed by atoms with Crippen LogP contribution in [0, 0.1) is 0 Å². The Morgan fingerprint density at radius 2 is 2.12 bits per heavy atom. The normalized spacial score (nSPS) is 10.5. The Bertz CT molecular complexity index is 372. The van der Waals surface area contributed by atoms with E-state index in [9.17, 15) is 9.90 Å². The van der Waals surface area contributed by atoms with Crippen molar-refractivity contribution in [3.63, 3.8) is 0 Å². The third-order valence-electron chi connectivity index (χ3n) is 2.37. The van der Waals surface area contributed by atoms with Gasteiger partial charge in [0.25, 0.3) is 0 Å². The van der Waals surface area contributed by atoms with Gasteiger partial charge < -0.3 is 14.4 Å². The predicted octanol–water partition coefficient (Wildman–Crippen LogP) is 1.13. The molecular weight excluding hydrogens is 208 g/mol. The van der Waals surface area contributed by atoms with Gasteiger partial charge in [0.05, 0.1) is 18.9 Å². The molecule has 0 unspecified atom stereocenters. The number of nitrogens with zero attached hydrogens (tertiary/aromatic N) is 2. The molecule has 0 fully saturated rings. The van der Waals surface area contributed by atoms with Crippen molar-refractivity contribution in [2.75, 3.05) is 6.61 Å². The lowest BCUT2D eigenvalue weighted by Gasteiger charge is -2.08. The number of aromatic nitrogens is 2. The smallest absolute Gasteiger partial charge is 0.357 e. The Labute approximate surface area is 95.1 Å². The van der Waals surface area contributed by atoms with Crippen LogP contribution in [0.5, 0.6) is 0 Å². The minimum Gasteiger partial charge on any atom is -0.461 e. The number of hydrogen-bond donors (Lipinski definition) is 1. The summed E-state index contributed by atoms with van der Waals surface area (Å²) in [7, 11) is 0. The van der Waals surface area contributed by atoms with Crippen LogP contribution in [-0.2, 0) is 24.3 Å². The number of carbonyl (C=O) groups is 1. The summed E-state index contributed by atoms with van der Waals surface area (Å²) in [5.41, 5.74) is 0.779. The van der Waals surface area contributed by atoms with Gasteiger partial charge in [-0.1, -0.05) is 6.92 Å². The quantitative estimate of drug-likeness (QED) is 0.764. The number of imidazole rings is 1. The third-order valence-corrected chi connectivity index (χ3v) is 2.37. The average molecular weight is 226 g/mol. The fraction of sp³-hybridized carbons (Fsp3) is 0.636. The maximum Gasteiger partial charge on any atom is 0.357 e. The summed E-state index contributed by atoms with van der Waals surface area (Å²) in [6.07, 6.45) is 0.722. The standard InChI is InChI=1S/C11H18N2O3/c1-4-9-12-8(7-14)10(13(9)5-2)11(15)16-6-3/h14H,4-7H2,1-3H3. The van der Waals surface area contributed by atoms with Crippen LogP contribution >= 0.6 is 0 Å². The first-order valence-electron chi connectivity index (χ1n) is 5.55. The summed E-state index contributed by atoms with van der Waals surface area (Å²) in [5, 5.41) is 9.18. The molecule has 0 aliphatic carbocycles. The van der Waals surface area contributed by atoms with Crippen molar-refractivity contribution in [3.05, 3.63) is 17.2 Å². The second-order valence-electron chi connectivity index (χ2n) is 3.30. The molecular formula is C11H18N2O3. The van der Waals surface area contributed by atoms with E-state index in [4.69, 9.17) is 4.74 Å². The monoisotopic (exact) mass is 226 g/mol. The van der Waals surface area contributed by atoms with Crippen LogP contribution in [0.15, 0.2) is 0 Å². The summed E-state index contributed by atoms with van der Waals surface area (Å²) in [6.45, 7) is 6.37. The number of carbonyl (C=O) groups excluding carboxylic acids is 1. The minimum absolute atomic E-state index is 0.242. The number of aryl methyl sites for hydroxylation is 1. The maximum atomic E-state index is 11.7. The third kappa shape index (κ3) is 2.24. The number of esters is 1. The first-order chi connectivity index (χ1) is 7.69. The van der Waals surface area contributed by atoms with Gasteiger partial charge in [-0.3, -0.25) is 0 Å². The van der Waals surface area contributed by atoms with Crippen molar-refractivity contribution in [3.8, 4) is 0 Å². The summed E-state index contributed by atoms with van der Waals surface area (Å²) in [6, 6.07) is 0. The number of hydrogen-bond acceptors (Lipinski definition) is 4. The van der Waals surface area contributed by atoms with Crippen LogP contribution in [0.1, 0.15) is 42.8 Å². The van der Waals surface area contributed by atoms with Crippen molar-refractivity contribution in [1.29, 1.82) is 0 Å². The molecule has 0 spiro atoms. The van der Waals surface area contributed by atoms with Gasteiger partial charge in [0.1, 0.15) is 5.82 Å². The molecule has 0 radical (unpaired) electrons. The highest BCUT2D eigenvalue weighted by atomic mass is 16.5. The van der Waals surface area contributed by atoms with Gasteiger partial charge in [0.15, 0.2) is 5.69 Å². The lowest BCUT2D eigenvalue weighted by molar-refractivity contribution is 0.0509. The molecule has 1 aromatic heterocycles. The topological polar surface area (TPSA) is 64.3 Å². The zero-order valence-corrected chi connectivity index (χ0v) is 9.99. The summed E-state index contributed by atoms with van der Waals surface area (Å²) in [5.74, 6) is 0.384. The first-order valence-corrected chi connectivity index (χ1v) is 5.55. The highest BCUT2D eigenvalue weighted by molar-refractivity contribution is 5.89. The van der Waals surface area contributed by atoms with Gasteiger partial charge in [-0.15, -0.1) is 0 Å². The molecule has 0 bridgehead atoms. The van der Waals surface area contributed by atoms with E-state index in [0.29, 0.717) is 24.5 Å². The molecule has 5 nitrogen and oxygen atoms in total. The van der Waals surface area contributed by atoms with E-state index in [1.807, 2.05) is 13.8 Å². The minimum atomic E-state index is -0.416. The van der Waals surface area contributed by atoms with Gasteiger partial charge in [-0.25, -0.2) is 9.78 Å². The summed E-state index contributed by atoms with van der Waals surface area (Å²) >= 11 is 0. The SMILES string of the molecule is CCOC(=O)c1c(CO)nc(CC)n1CC. The van der Waals surface area contributed by atoms with Gasteiger partial charge in [-0.2, -0.15) is 0 Å². The molecule has 1 rings (SSSR count). The Kier molecular flexibility index (Phi) is 4.49. The molecule has 1 heterocycles. The fourth-order valence-corrected chi connectivity index (χ4v) is 1.70. The molecule has 0 saturated heterocycles. The van der Waals surface area contributed by atoms with Crippen LogP contribution in [0.25, 0.3) is 0 Å². The number of rotatable bonds is 5. The van der Waals surface area contributed by atoms with Crippen molar-refractivity contribution >= 4 is 5.97 Å². The molecule has 0 amide bonds. The molecule has 1 aromatic rings. The fourth-order valence-electron chi connectivity index (χ4n) is 1.70. The summed E-state index contributed by atoms with van der Waals surface area (Å²) < 4.78 is 6.76. The molecule has 5 heteroatoms. The van der Waals surface area contributed by atoms with E-state index >= 15 is 0 Å². The zero-order valence-electron chi connectivity index (χ0n) is 9.99. The largest absolute Gasteiger partial charge is 0.461 e. The van der Waals surface area contributed by atoms with E-state index in [1.165, 1.54) is 0 Å². The number of aliphatic hydroxyl groups excluding tert-OH is 1. The van der Waals surface area contributed by atoms with Crippen molar-refractivity contribution in [2.45, 2.75) is 40.3 Å². The Morgan fingerprint density at radius 1 is 1.44 bits per heavy atom. The lowest BCUT2D eigenvalue weighted by Crippen LogP contribution is -2.15. The molecule has 90 valence electrons. The second-order valence-corrected chi connectivity index (χ2v) is 3.30. The molecule has 16 heavy (non-hydrogen) atoms.